The van der Waals surface area contributed by atoms with Gasteiger partial charge in [0.05, 0.1) is 6.10 Å². The molecule has 108 valence electrons. The molecule has 20 heavy (non-hydrogen) atoms. The van der Waals surface area contributed by atoms with E-state index in [4.69, 9.17) is 5.11 Å². The summed E-state index contributed by atoms with van der Waals surface area (Å²) >= 11 is 0. The molecule has 0 spiro atoms. The van der Waals surface area contributed by atoms with Gasteiger partial charge in [0, 0.05) is 25.7 Å². The summed E-state index contributed by atoms with van der Waals surface area (Å²) in [6, 6.07) is 5.98. The van der Waals surface area contributed by atoms with Gasteiger partial charge in [-0.2, -0.15) is 0 Å². The molecule has 1 heterocycles. The average Bonchev–Trinajstić information content (AvgIpc) is 2.80. The molecule has 1 aliphatic rings. The van der Waals surface area contributed by atoms with Crippen molar-refractivity contribution >= 4 is 17.7 Å². The quantitative estimate of drug-likeness (QED) is 0.848. The summed E-state index contributed by atoms with van der Waals surface area (Å²) in [4.78, 5) is 26.1. The standard InChI is InChI=1S/C14H18N2O4/c1-9-3-5-10(6-4-9)15(2)14(20)16-8-11(17)7-12(16)13(18)19/h3-6,11-12,17H,7-8H2,1-2H3,(H,18,19)/t11-,12+/m1/s1. The van der Waals surface area contributed by atoms with E-state index in [0.717, 1.165) is 5.56 Å². The molecular formula is C14H18N2O4. The maximum Gasteiger partial charge on any atom is 0.326 e. The third kappa shape index (κ3) is 2.75. The average molecular weight is 278 g/mol. The Balaban J connectivity index is 2.17. The molecular weight excluding hydrogens is 260 g/mol. The van der Waals surface area contributed by atoms with Gasteiger partial charge in [-0.05, 0) is 19.1 Å². The fourth-order valence-corrected chi connectivity index (χ4v) is 2.33. The number of carbonyl (C=O) groups is 2. The van der Waals surface area contributed by atoms with Gasteiger partial charge in [-0.25, -0.2) is 9.59 Å². The van der Waals surface area contributed by atoms with Gasteiger partial charge in [-0.3, -0.25) is 4.90 Å². The molecule has 2 amide bonds. The molecule has 0 aliphatic carbocycles. The van der Waals surface area contributed by atoms with Crippen molar-refractivity contribution in [1.82, 2.24) is 4.90 Å². The van der Waals surface area contributed by atoms with Gasteiger partial charge in [0.15, 0.2) is 0 Å². The van der Waals surface area contributed by atoms with Crippen LogP contribution in [0.1, 0.15) is 12.0 Å². The number of carbonyl (C=O) groups excluding carboxylic acids is 1. The smallest absolute Gasteiger partial charge is 0.326 e. The third-order valence-corrected chi connectivity index (χ3v) is 3.52. The number of hydrogen-bond acceptors (Lipinski definition) is 3. The van der Waals surface area contributed by atoms with E-state index in [1.54, 1.807) is 19.2 Å². The summed E-state index contributed by atoms with van der Waals surface area (Å²) in [5.41, 5.74) is 1.76. The maximum atomic E-state index is 12.4. The van der Waals surface area contributed by atoms with Crippen molar-refractivity contribution in [2.75, 3.05) is 18.5 Å². The van der Waals surface area contributed by atoms with Crippen LogP contribution in [-0.2, 0) is 4.79 Å². The number of amides is 2. The molecule has 1 aromatic carbocycles. The second-order valence-corrected chi connectivity index (χ2v) is 5.07. The Kier molecular flexibility index (Phi) is 3.94. The predicted molar refractivity (Wildman–Crippen MR) is 73.7 cm³/mol. The van der Waals surface area contributed by atoms with Crippen LogP contribution in [0.25, 0.3) is 0 Å². The van der Waals surface area contributed by atoms with Crippen molar-refractivity contribution < 1.29 is 19.8 Å². The van der Waals surface area contributed by atoms with Crippen molar-refractivity contribution in [3.8, 4) is 0 Å². The second kappa shape index (κ2) is 5.50. The zero-order valence-corrected chi connectivity index (χ0v) is 11.5. The van der Waals surface area contributed by atoms with Crippen molar-refractivity contribution in [3.05, 3.63) is 29.8 Å². The van der Waals surface area contributed by atoms with E-state index < -0.39 is 24.1 Å². The lowest BCUT2D eigenvalue weighted by Crippen LogP contribution is -2.47. The summed E-state index contributed by atoms with van der Waals surface area (Å²) in [5.74, 6) is -1.09. The number of β-amino-alcohol motifs (C(OH)–C–C–N with tert-alkyl or cyclic N) is 1. The first-order valence-electron chi connectivity index (χ1n) is 6.42. The molecule has 2 N–H and O–H groups in total. The highest BCUT2D eigenvalue weighted by Gasteiger charge is 2.40. The van der Waals surface area contributed by atoms with Crippen molar-refractivity contribution in [3.63, 3.8) is 0 Å². The highest BCUT2D eigenvalue weighted by Crippen LogP contribution is 2.22. The number of benzene rings is 1. The largest absolute Gasteiger partial charge is 0.480 e. The van der Waals surface area contributed by atoms with Crippen LogP contribution in [0, 0.1) is 6.92 Å². The summed E-state index contributed by atoms with van der Waals surface area (Å²) in [6.45, 7) is 1.99. The van der Waals surface area contributed by atoms with Gasteiger partial charge in [-0.15, -0.1) is 0 Å². The summed E-state index contributed by atoms with van der Waals surface area (Å²) in [7, 11) is 1.59. The molecule has 1 saturated heterocycles. The SMILES string of the molecule is Cc1ccc(N(C)C(=O)N2C[C@H](O)C[C@H]2C(=O)O)cc1. The third-order valence-electron chi connectivity index (χ3n) is 3.52. The van der Waals surface area contributed by atoms with E-state index in [1.165, 1.54) is 9.80 Å². The van der Waals surface area contributed by atoms with Gasteiger partial charge in [0.2, 0.25) is 0 Å². The molecule has 6 nitrogen and oxygen atoms in total. The number of aliphatic hydroxyl groups excluding tert-OH is 1. The molecule has 0 saturated carbocycles. The molecule has 2 atom stereocenters. The molecule has 2 rings (SSSR count). The highest BCUT2D eigenvalue weighted by molar-refractivity contribution is 5.94. The van der Waals surface area contributed by atoms with Crippen LogP contribution in [0.15, 0.2) is 24.3 Å². The Labute approximate surface area is 117 Å². The van der Waals surface area contributed by atoms with Crippen LogP contribution in [0.3, 0.4) is 0 Å². The molecule has 1 aromatic rings. The summed E-state index contributed by atoms with van der Waals surface area (Å²) in [5, 5.41) is 18.7. The number of hydrogen-bond donors (Lipinski definition) is 2. The predicted octanol–water partition coefficient (Wildman–Crippen LogP) is 1.07. The molecule has 0 bridgehead atoms. The lowest BCUT2D eigenvalue weighted by atomic mass is 10.2. The molecule has 1 aliphatic heterocycles. The van der Waals surface area contributed by atoms with E-state index in [1.807, 2.05) is 19.1 Å². The minimum atomic E-state index is -1.09. The minimum absolute atomic E-state index is 0.0476. The van der Waals surface area contributed by atoms with E-state index in [0.29, 0.717) is 5.69 Å². The Morgan fingerprint density at radius 3 is 2.45 bits per heavy atom. The maximum absolute atomic E-state index is 12.4. The van der Waals surface area contributed by atoms with Gasteiger partial charge in [0.25, 0.3) is 0 Å². The van der Waals surface area contributed by atoms with E-state index in [9.17, 15) is 14.7 Å². The number of aliphatic carboxylic acids is 1. The lowest BCUT2D eigenvalue weighted by Gasteiger charge is -2.27. The number of urea groups is 1. The number of rotatable bonds is 2. The topological polar surface area (TPSA) is 81.1 Å². The Bertz CT molecular complexity index is 514. The number of aliphatic hydroxyl groups is 1. The van der Waals surface area contributed by atoms with E-state index in [-0.39, 0.29) is 13.0 Å². The number of nitrogens with zero attached hydrogens (tertiary/aromatic N) is 2. The van der Waals surface area contributed by atoms with E-state index >= 15 is 0 Å². The Hall–Kier alpha value is -2.08. The monoisotopic (exact) mass is 278 g/mol. The van der Waals surface area contributed by atoms with Crippen molar-refractivity contribution in [2.24, 2.45) is 0 Å². The number of aryl methyl sites for hydroxylation is 1. The second-order valence-electron chi connectivity index (χ2n) is 5.07. The first-order chi connectivity index (χ1) is 9.40. The highest BCUT2D eigenvalue weighted by atomic mass is 16.4. The normalized spacial score (nSPS) is 21.9. The fourth-order valence-electron chi connectivity index (χ4n) is 2.33. The number of likely N-dealkylation sites (tertiary alicyclic amines) is 1. The number of carboxylic acid groups (broad SMARTS) is 1. The van der Waals surface area contributed by atoms with Crippen molar-refractivity contribution in [1.29, 1.82) is 0 Å². The molecule has 0 aromatic heterocycles. The number of carboxylic acids is 1. The summed E-state index contributed by atoms with van der Waals surface area (Å²) in [6.07, 6.45) is -0.713. The molecule has 1 fully saturated rings. The van der Waals surface area contributed by atoms with Crippen LogP contribution in [0.2, 0.25) is 0 Å². The van der Waals surface area contributed by atoms with E-state index in [2.05, 4.69) is 0 Å². The zero-order chi connectivity index (χ0) is 14.9. The van der Waals surface area contributed by atoms with Crippen LogP contribution in [-0.4, -0.2) is 52.9 Å². The van der Waals surface area contributed by atoms with Crippen LogP contribution in [0.5, 0.6) is 0 Å². The van der Waals surface area contributed by atoms with Crippen LogP contribution in [0.4, 0.5) is 10.5 Å². The zero-order valence-electron chi connectivity index (χ0n) is 11.5. The molecule has 0 radical (unpaired) electrons. The van der Waals surface area contributed by atoms with Gasteiger partial charge in [0.1, 0.15) is 6.04 Å². The lowest BCUT2D eigenvalue weighted by molar-refractivity contribution is -0.141. The number of anilines is 1. The van der Waals surface area contributed by atoms with Crippen molar-refractivity contribution in [2.45, 2.75) is 25.5 Å². The summed E-state index contributed by atoms with van der Waals surface area (Å²) < 4.78 is 0. The van der Waals surface area contributed by atoms with Crippen LogP contribution < -0.4 is 4.90 Å². The first-order valence-corrected chi connectivity index (χ1v) is 6.42. The first kappa shape index (κ1) is 14.3. The Morgan fingerprint density at radius 2 is 1.90 bits per heavy atom. The van der Waals surface area contributed by atoms with Crippen LogP contribution >= 0.6 is 0 Å². The van der Waals surface area contributed by atoms with Gasteiger partial charge >= 0.3 is 12.0 Å². The van der Waals surface area contributed by atoms with Gasteiger partial charge in [-0.1, -0.05) is 17.7 Å². The minimum Gasteiger partial charge on any atom is -0.480 e. The van der Waals surface area contributed by atoms with Gasteiger partial charge < -0.3 is 15.1 Å². The molecule has 6 heteroatoms. The fraction of sp³-hybridized carbons (Fsp3) is 0.429. The molecule has 0 unspecified atom stereocenters. The Morgan fingerprint density at radius 1 is 1.30 bits per heavy atom.